The average molecular weight is 245 g/mol. The second-order valence-electron chi connectivity index (χ2n) is 4.77. The number of aliphatic hydroxyl groups excluding tert-OH is 1. The molecule has 0 aliphatic rings. The van der Waals surface area contributed by atoms with Crippen LogP contribution in [0.3, 0.4) is 0 Å². The second kappa shape index (κ2) is 5.23. The topological polar surface area (TPSA) is 71.2 Å². The highest BCUT2D eigenvalue weighted by Gasteiger charge is 2.08. The van der Waals surface area contributed by atoms with E-state index in [4.69, 9.17) is 5.73 Å². The van der Waals surface area contributed by atoms with Crippen LogP contribution in [0.1, 0.15) is 20.3 Å². The van der Waals surface area contributed by atoms with Crippen LogP contribution in [-0.4, -0.2) is 22.2 Å². The molecule has 1 aromatic heterocycles. The summed E-state index contributed by atoms with van der Waals surface area (Å²) in [6.45, 7) is 3.85. The summed E-state index contributed by atoms with van der Waals surface area (Å²) in [6.07, 6.45) is 2.16. The van der Waals surface area contributed by atoms with Crippen molar-refractivity contribution >= 4 is 22.3 Å². The molecule has 0 saturated carbocycles. The van der Waals surface area contributed by atoms with Gasteiger partial charge in [0.2, 0.25) is 0 Å². The number of nitrogens with two attached hydrogens (primary N) is 1. The largest absolute Gasteiger partial charge is 0.399 e. The molecule has 0 radical (unpaired) electrons. The van der Waals surface area contributed by atoms with E-state index in [-0.39, 0.29) is 12.1 Å². The maximum atomic E-state index is 9.38. The highest BCUT2D eigenvalue weighted by atomic mass is 16.3. The van der Waals surface area contributed by atoms with E-state index in [1.807, 2.05) is 24.3 Å². The van der Waals surface area contributed by atoms with Gasteiger partial charge in [-0.25, -0.2) is 0 Å². The van der Waals surface area contributed by atoms with Gasteiger partial charge in [0.15, 0.2) is 0 Å². The van der Waals surface area contributed by atoms with E-state index in [0.717, 1.165) is 16.6 Å². The third kappa shape index (κ3) is 2.90. The van der Waals surface area contributed by atoms with Gasteiger partial charge >= 0.3 is 0 Å². The molecule has 2 aromatic rings. The van der Waals surface area contributed by atoms with Gasteiger partial charge < -0.3 is 16.2 Å². The van der Waals surface area contributed by atoms with Crippen molar-refractivity contribution in [2.75, 3.05) is 11.1 Å². The molecule has 0 amide bonds. The maximum absolute atomic E-state index is 9.38. The van der Waals surface area contributed by atoms with Crippen LogP contribution in [-0.2, 0) is 0 Å². The monoisotopic (exact) mass is 245 g/mol. The third-order valence-corrected chi connectivity index (χ3v) is 2.86. The predicted molar refractivity (Wildman–Crippen MR) is 75.5 cm³/mol. The molecule has 0 aliphatic heterocycles. The Kier molecular flexibility index (Phi) is 3.67. The molecule has 4 N–H and O–H groups in total. The minimum Gasteiger partial charge on any atom is -0.399 e. The number of aromatic nitrogens is 1. The lowest BCUT2D eigenvalue weighted by Crippen LogP contribution is -2.20. The van der Waals surface area contributed by atoms with E-state index in [1.165, 1.54) is 0 Å². The van der Waals surface area contributed by atoms with Crippen LogP contribution in [0.2, 0.25) is 0 Å². The summed E-state index contributed by atoms with van der Waals surface area (Å²) in [6, 6.07) is 7.84. The molecular weight excluding hydrogens is 226 g/mol. The first kappa shape index (κ1) is 12.6. The summed E-state index contributed by atoms with van der Waals surface area (Å²) in [7, 11) is 0. The molecule has 1 heterocycles. The van der Waals surface area contributed by atoms with Gasteiger partial charge in [0.05, 0.1) is 11.6 Å². The lowest BCUT2D eigenvalue weighted by atomic mass is 10.1. The molecule has 0 aliphatic carbocycles. The molecule has 0 spiro atoms. The van der Waals surface area contributed by atoms with E-state index in [1.54, 1.807) is 13.1 Å². The van der Waals surface area contributed by atoms with Gasteiger partial charge in [0, 0.05) is 29.0 Å². The highest BCUT2D eigenvalue weighted by molar-refractivity contribution is 5.92. The van der Waals surface area contributed by atoms with Crippen molar-refractivity contribution in [3.05, 3.63) is 30.5 Å². The van der Waals surface area contributed by atoms with Crippen molar-refractivity contribution in [3.63, 3.8) is 0 Å². The van der Waals surface area contributed by atoms with E-state index < -0.39 is 0 Å². The summed E-state index contributed by atoms with van der Waals surface area (Å²) in [5.41, 5.74) is 8.36. The molecular formula is C14H19N3O. The minimum absolute atomic E-state index is 0.202. The number of rotatable bonds is 4. The molecule has 2 unspecified atom stereocenters. The quantitative estimate of drug-likeness (QED) is 0.723. The number of nitrogens with zero attached hydrogens (tertiary/aromatic N) is 1. The fourth-order valence-corrected chi connectivity index (χ4v) is 2.13. The van der Waals surface area contributed by atoms with Crippen LogP contribution >= 0.6 is 0 Å². The van der Waals surface area contributed by atoms with Crippen molar-refractivity contribution in [2.24, 2.45) is 0 Å². The smallest absolute Gasteiger partial charge is 0.0743 e. The molecule has 96 valence electrons. The van der Waals surface area contributed by atoms with Crippen molar-refractivity contribution < 1.29 is 5.11 Å². The zero-order valence-electron chi connectivity index (χ0n) is 10.7. The van der Waals surface area contributed by atoms with Crippen LogP contribution in [0, 0.1) is 0 Å². The molecule has 4 nitrogen and oxygen atoms in total. The summed E-state index contributed by atoms with van der Waals surface area (Å²) in [4.78, 5) is 4.30. The predicted octanol–water partition coefficient (Wildman–Crippen LogP) is 2.39. The molecule has 0 saturated heterocycles. The molecule has 4 heteroatoms. The normalized spacial score (nSPS) is 14.4. The van der Waals surface area contributed by atoms with Crippen molar-refractivity contribution in [3.8, 4) is 0 Å². The molecule has 0 bridgehead atoms. The fraction of sp³-hybridized carbons (Fsp3) is 0.357. The Hall–Kier alpha value is -1.81. The number of hydrogen-bond acceptors (Lipinski definition) is 4. The Balaban J connectivity index is 2.28. The summed E-state index contributed by atoms with van der Waals surface area (Å²) in [5, 5.41) is 13.8. The van der Waals surface area contributed by atoms with Gasteiger partial charge in [-0.2, -0.15) is 0 Å². The van der Waals surface area contributed by atoms with Crippen LogP contribution < -0.4 is 11.1 Å². The lowest BCUT2D eigenvalue weighted by molar-refractivity contribution is 0.179. The van der Waals surface area contributed by atoms with E-state index in [0.29, 0.717) is 12.1 Å². The van der Waals surface area contributed by atoms with E-state index >= 15 is 0 Å². The van der Waals surface area contributed by atoms with Crippen LogP contribution in [0.25, 0.3) is 10.9 Å². The summed E-state index contributed by atoms with van der Waals surface area (Å²) in [5.74, 6) is 0. The van der Waals surface area contributed by atoms with Gasteiger partial charge in [0.1, 0.15) is 0 Å². The van der Waals surface area contributed by atoms with E-state index in [2.05, 4.69) is 17.2 Å². The lowest BCUT2D eigenvalue weighted by Gasteiger charge is -2.18. The van der Waals surface area contributed by atoms with Gasteiger partial charge in [-0.1, -0.05) is 0 Å². The first-order valence-electron chi connectivity index (χ1n) is 6.15. The number of nitrogen functional groups attached to an aromatic ring is 1. The SMILES string of the molecule is CC(O)CC(C)Nc1ccnc2cc(N)ccc12. The Morgan fingerprint density at radius 2 is 2.11 bits per heavy atom. The third-order valence-electron chi connectivity index (χ3n) is 2.86. The fourth-order valence-electron chi connectivity index (χ4n) is 2.13. The van der Waals surface area contributed by atoms with Crippen LogP contribution in [0.15, 0.2) is 30.5 Å². The van der Waals surface area contributed by atoms with Gasteiger partial charge in [-0.05, 0) is 44.5 Å². The molecule has 2 rings (SSSR count). The van der Waals surface area contributed by atoms with Gasteiger partial charge in [-0.3, -0.25) is 4.98 Å². The van der Waals surface area contributed by atoms with E-state index in [9.17, 15) is 5.11 Å². The first-order valence-corrected chi connectivity index (χ1v) is 6.15. The molecule has 0 fully saturated rings. The molecule has 1 aromatic carbocycles. The number of nitrogens with one attached hydrogen (secondary N) is 1. The second-order valence-corrected chi connectivity index (χ2v) is 4.77. The van der Waals surface area contributed by atoms with Crippen molar-refractivity contribution in [1.29, 1.82) is 0 Å². The standard InChI is InChI=1S/C14H19N3O/c1-9(7-10(2)18)17-13-5-6-16-14-8-11(15)3-4-12(13)14/h3-6,8-10,18H,7,15H2,1-2H3,(H,16,17). The Bertz CT molecular complexity index is 540. The molecule has 2 atom stereocenters. The first-order chi connectivity index (χ1) is 8.56. The van der Waals surface area contributed by atoms with Crippen molar-refractivity contribution in [1.82, 2.24) is 4.98 Å². The maximum Gasteiger partial charge on any atom is 0.0743 e. The van der Waals surface area contributed by atoms with Gasteiger partial charge in [-0.15, -0.1) is 0 Å². The van der Waals surface area contributed by atoms with Crippen LogP contribution in [0.5, 0.6) is 0 Å². The van der Waals surface area contributed by atoms with Gasteiger partial charge in [0.25, 0.3) is 0 Å². The number of aliphatic hydroxyl groups is 1. The number of fused-ring (bicyclic) bond motifs is 1. The minimum atomic E-state index is -0.309. The Labute approximate surface area is 107 Å². The zero-order valence-corrected chi connectivity index (χ0v) is 10.7. The number of anilines is 2. The van der Waals surface area contributed by atoms with Crippen molar-refractivity contribution in [2.45, 2.75) is 32.4 Å². The summed E-state index contributed by atoms with van der Waals surface area (Å²) < 4.78 is 0. The summed E-state index contributed by atoms with van der Waals surface area (Å²) >= 11 is 0. The zero-order chi connectivity index (χ0) is 13.1. The molecule has 18 heavy (non-hydrogen) atoms. The number of hydrogen-bond donors (Lipinski definition) is 3. The Morgan fingerprint density at radius 3 is 2.83 bits per heavy atom. The van der Waals surface area contributed by atoms with Crippen LogP contribution in [0.4, 0.5) is 11.4 Å². The Morgan fingerprint density at radius 1 is 1.33 bits per heavy atom. The highest BCUT2D eigenvalue weighted by Crippen LogP contribution is 2.24. The average Bonchev–Trinajstić information content (AvgIpc) is 2.27. The number of pyridine rings is 1. The number of benzene rings is 1.